The number of hydrogen-bond acceptors (Lipinski definition) is 5. The third kappa shape index (κ3) is 3.94. The summed E-state index contributed by atoms with van der Waals surface area (Å²) in [4.78, 5) is 12.7. The Morgan fingerprint density at radius 2 is 1.76 bits per heavy atom. The molecule has 0 unspecified atom stereocenters. The van der Waals surface area contributed by atoms with E-state index in [1.165, 1.54) is 24.7 Å². The van der Waals surface area contributed by atoms with Gasteiger partial charge in [-0.15, -0.1) is 0 Å². The second-order valence-corrected chi connectivity index (χ2v) is 7.96. The SMILES string of the molecule is COCCn1cc(-c2ccc3cc(Cc4cc(F)cc(F)c4)ncc3c2F)c2c(N)ncnc21. The molecule has 34 heavy (non-hydrogen) atoms. The molecule has 172 valence electrons. The predicted octanol–water partition coefficient (Wildman–Crippen LogP) is 4.88. The number of halogens is 3. The summed E-state index contributed by atoms with van der Waals surface area (Å²) in [6.45, 7) is 0.972. The number of methoxy groups -OCH3 is 1. The van der Waals surface area contributed by atoms with Gasteiger partial charge in [-0.05, 0) is 29.1 Å². The lowest BCUT2D eigenvalue weighted by Crippen LogP contribution is -2.04. The number of aromatic nitrogens is 4. The monoisotopic (exact) mass is 463 g/mol. The van der Waals surface area contributed by atoms with Crippen LogP contribution in [0.25, 0.3) is 32.9 Å². The number of nitrogens with two attached hydrogens (primary N) is 1. The van der Waals surface area contributed by atoms with Crippen LogP contribution in [0.5, 0.6) is 0 Å². The van der Waals surface area contributed by atoms with Gasteiger partial charge in [-0.25, -0.2) is 23.1 Å². The van der Waals surface area contributed by atoms with Crippen LogP contribution in [0.1, 0.15) is 11.3 Å². The molecule has 0 atom stereocenters. The molecule has 6 nitrogen and oxygen atoms in total. The maximum absolute atomic E-state index is 15.7. The van der Waals surface area contributed by atoms with Crippen molar-refractivity contribution >= 4 is 27.6 Å². The molecule has 3 heterocycles. The lowest BCUT2D eigenvalue weighted by Gasteiger charge is -2.08. The number of pyridine rings is 1. The van der Waals surface area contributed by atoms with E-state index in [1.54, 1.807) is 31.5 Å². The fraction of sp³-hybridized carbons (Fsp3) is 0.160. The van der Waals surface area contributed by atoms with E-state index in [1.807, 2.05) is 4.57 Å². The summed E-state index contributed by atoms with van der Waals surface area (Å²) in [5.74, 6) is -1.51. The number of nitrogens with zero attached hydrogens (tertiary/aromatic N) is 4. The van der Waals surface area contributed by atoms with Gasteiger partial charge in [0.2, 0.25) is 0 Å². The van der Waals surface area contributed by atoms with Crippen molar-refractivity contribution in [3.63, 3.8) is 0 Å². The zero-order valence-corrected chi connectivity index (χ0v) is 18.2. The smallest absolute Gasteiger partial charge is 0.146 e. The quantitative estimate of drug-likeness (QED) is 0.388. The lowest BCUT2D eigenvalue weighted by atomic mass is 10.00. The summed E-state index contributed by atoms with van der Waals surface area (Å²) in [5, 5.41) is 1.50. The van der Waals surface area contributed by atoms with Crippen molar-refractivity contribution in [2.45, 2.75) is 13.0 Å². The Balaban J connectivity index is 1.57. The zero-order valence-electron chi connectivity index (χ0n) is 18.2. The average molecular weight is 463 g/mol. The van der Waals surface area contributed by atoms with Crippen LogP contribution in [0.3, 0.4) is 0 Å². The Hall–Kier alpha value is -3.98. The first kappa shape index (κ1) is 21.8. The Labute approximate surface area is 192 Å². The second-order valence-electron chi connectivity index (χ2n) is 7.96. The van der Waals surface area contributed by atoms with Crippen LogP contribution in [0.15, 0.2) is 55.1 Å². The molecule has 0 saturated heterocycles. The molecule has 0 bridgehead atoms. The molecule has 0 aliphatic heterocycles. The first-order valence-corrected chi connectivity index (χ1v) is 10.6. The minimum Gasteiger partial charge on any atom is -0.383 e. The van der Waals surface area contributed by atoms with E-state index in [2.05, 4.69) is 15.0 Å². The van der Waals surface area contributed by atoms with Crippen molar-refractivity contribution in [1.29, 1.82) is 0 Å². The molecular formula is C25H20F3N5O. The molecule has 0 aliphatic rings. The van der Waals surface area contributed by atoms with Gasteiger partial charge in [-0.3, -0.25) is 4.98 Å². The summed E-state index contributed by atoms with van der Waals surface area (Å²) < 4.78 is 49.7. The summed E-state index contributed by atoms with van der Waals surface area (Å²) in [6.07, 6.45) is 4.81. The maximum atomic E-state index is 15.7. The second kappa shape index (κ2) is 8.75. The van der Waals surface area contributed by atoms with Gasteiger partial charge >= 0.3 is 0 Å². The largest absolute Gasteiger partial charge is 0.383 e. The summed E-state index contributed by atoms with van der Waals surface area (Å²) in [6, 6.07) is 8.49. The minimum absolute atomic E-state index is 0.217. The molecule has 0 radical (unpaired) electrons. The van der Waals surface area contributed by atoms with Crippen LogP contribution < -0.4 is 5.73 Å². The molecule has 3 aromatic heterocycles. The molecule has 5 rings (SSSR count). The Morgan fingerprint density at radius 1 is 0.971 bits per heavy atom. The number of rotatable bonds is 6. The summed E-state index contributed by atoms with van der Waals surface area (Å²) >= 11 is 0. The van der Waals surface area contributed by atoms with Gasteiger partial charge in [0.15, 0.2) is 0 Å². The van der Waals surface area contributed by atoms with Gasteiger partial charge in [0, 0.05) is 60.7 Å². The van der Waals surface area contributed by atoms with Crippen molar-refractivity contribution in [3.8, 4) is 11.1 Å². The molecule has 0 saturated carbocycles. The third-order valence-electron chi connectivity index (χ3n) is 5.71. The normalized spacial score (nSPS) is 11.5. The number of benzene rings is 2. The van der Waals surface area contributed by atoms with Crippen molar-refractivity contribution in [1.82, 2.24) is 19.5 Å². The number of nitrogen functional groups attached to an aromatic ring is 1. The van der Waals surface area contributed by atoms with Crippen LogP contribution in [0.2, 0.25) is 0 Å². The molecule has 0 amide bonds. The first-order valence-electron chi connectivity index (χ1n) is 10.6. The fourth-order valence-electron chi connectivity index (χ4n) is 4.17. The van der Waals surface area contributed by atoms with E-state index >= 15 is 4.39 Å². The van der Waals surface area contributed by atoms with Crippen molar-refractivity contribution in [2.24, 2.45) is 0 Å². The molecule has 2 aromatic carbocycles. The number of ether oxygens (including phenoxy) is 1. The highest BCUT2D eigenvalue weighted by molar-refractivity contribution is 6.02. The van der Waals surface area contributed by atoms with Gasteiger partial charge < -0.3 is 15.0 Å². The number of anilines is 1. The lowest BCUT2D eigenvalue weighted by molar-refractivity contribution is 0.188. The van der Waals surface area contributed by atoms with Gasteiger partial charge in [0.25, 0.3) is 0 Å². The van der Waals surface area contributed by atoms with E-state index < -0.39 is 17.5 Å². The van der Waals surface area contributed by atoms with E-state index in [0.717, 1.165) is 6.07 Å². The predicted molar refractivity (Wildman–Crippen MR) is 124 cm³/mol. The van der Waals surface area contributed by atoms with E-state index in [0.29, 0.717) is 57.3 Å². The van der Waals surface area contributed by atoms with Crippen LogP contribution in [0, 0.1) is 17.5 Å². The van der Waals surface area contributed by atoms with Gasteiger partial charge in [-0.2, -0.15) is 0 Å². The zero-order chi connectivity index (χ0) is 23.8. The van der Waals surface area contributed by atoms with E-state index in [4.69, 9.17) is 10.5 Å². The fourth-order valence-corrected chi connectivity index (χ4v) is 4.17. The number of fused-ring (bicyclic) bond motifs is 2. The molecule has 5 aromatic rings. The molecule has 2 N–H and O–H groups in total. The molecule has 0 spiro atoms. The van der Waals surface area contributed by atoms with Gasteiger partial charge in [0.05, 0.1) is 12.0 Å². The van der Waals surface area contributed by atoms with Crippen molar-refractivity contribution in [3.05, 3.63) is 83.8 Å². The third-order valence-corrected chi connectivity index (χ3v) is 5.71. The van der Waals surface area contributed by atoms with Gasteiger partial charge in [-0.1, -0.05) is 12.1 Å². The molecule has 0 fully saturated rings. The Morgan fingerprint density at radius 3 is 2.53 bits per heavy atom. The van der Waals surface area contributed by atoms with Crippen LogP contribution in [0.4, 0.5) is 19.0 Å². The van der Waals surface area contributed by atoms with E-state index in [9.17, 15) is 8.78 Å². The van der Waals surface area contributed by atoms with Crippen LogP contribution in [-0.2, 0) is 17.7 Å². The molecule has 9 heteroatoms. The van der Waals surface area contributed by atoms with Crippen LogP contribution in [-0.4, -0.2) is 33.2 Å². The standard InChI is InChI=1S/C25H20F3N5O/c1-34-5-4-33-12-21(22-24(29)31-13-32-25(22)33)19-3-2-15-9-18(30-11-20(15)23(19)28)8-14-6-16(26)10-17(27)7-14/h2-3,6-7,9-13H,4-5,8H2,1H3,(H2,29,31,32). The van der Waals surface area contributed by atoms with Gasteiger partial charge in [0.1, 0.15) is 35.2 Å². The Bertz CT molecular complexity index is 1510. The highest BCUT2D eigenvalue weighted by Gasteiger charge is 2.19. The summed E-state index contributed by atoms with van der Waals surface area (Å²) in [7, 11) is 1.60. The number of hydrogen-bond donors (Lipinski definition) is 1. The topological polar surface area (TPSA) is 78.9 Å². The summed E-state index contributed by atoms with van der Waals surface area (Å²) in [5.41, 5.74) is 8.65. The average Bonchev–Trinajstić information content (AvgIpc) is 3.17. The highest BCUT2D eigenvalue weighted by atomic mass is 19.1. The Kier molecular flexibility index (Phi) is 5.62. The van der Waals surface area contributed by atoms with Crippen LogP contribution >= 0.6 is 0 Å². The van der Waals surface area contributed by atoms with E-state index in [-0.39, 0.29) is 12.2 Å². The molecule has 0 aliphatic carbocycles. The first-order chi connectivity index (χ1) is 16.4. The minimum atomic E-state index is -0.653. The maximum Gasteiger partial charge on any atom is 0.146 e. The van der Waals surface area contributed by atoms with Crippen molar-refractivity contribution < 1.29 is 17.9 Å². The molecular weight excluding hydrogens is 443 g/mol. The van der Waals surface area contributed by atoms with Crippen molar-refractivity contribution in [2.75, 3.05) is 19.5 Å². The highest BCUT2D eigenvalue weighted by Crippen LogP contribution is 2.36.